The van der Waals surface area contributed by atoms with Crippen molar-refractivity contribution < 1.29 is 14.3 Å². The maximum atomic E-state index is 11.9. The molecule has 0 N–H and O–H groups in total. The van der Waals surface area contributed by atoms with E-state index in [0.29, 0.717) is 6.61 Å². The van der Waals surface area contributed by atoms with Gasteiger partial charge in [0.1, 0.15) is 24.0 Å². The van der Waals surface area contributed by atoms with E-state index in [0.717, 1.165) is 22.0 Å². The highest BCUT2D eigenvalue weighted by Crippen LogP contribution is 2.23. The lowest BCUT2D eigenvalue weighted by molar-refractivity contribution is -0.143. The van der Waals surface area contributed by atoms with Crippen LogP contribution in [0.3, 0.4) is 0 Å². The van der Waals surface area contributed by atoms with Crippen LogP contribution in [-0.4, -0.2) is 24.2 Å². The molecular formula is C20H19NO3S. The average molecular weight is 353 g/mol. The van der Waals surface area contributed by atoms with Gasteiger partial charge in [0.05, 0.1) is 12.1 Å². The Balaban J connectivity index is 1.42. The standard InChI is InChI=1S/C20H19NO3S/c1-15-7-9-18(10-8-15)23-11-12-24-19(22)13-17-14-25-20(21-17)16-5-3-2-4-6-16/h2-10,14H,11-13H2,1H3. The van der Waals surface area contributed by atoms with Crippen molar-refractivity contribution in [3.63, 3.8) is 0 Å². The number of rotatable bonds is 7. The van der Waals surface area contributed by atoms with Crippen molar-refractivity contribution in [2.75, 3.05) is 13.2 Å². The van der Waals surface area contributed by atoms with E-state index in [9.17, 15) is 4.79 Å². The Kier molecular flexibility index (Phi) is 5.80. The van der Waals surface area contributed by atoms with Crippen LogP contribution in [-0.2, 0) is 16.0 Å². The number of carbonyl (C=O) groups excluding carboxylic acids is 1. The molecular weight excluding hydrogens is 334 g/mol. The number of benzene rings is 2. The van der Waals surface area contributed by atoms with Gasteiger partial charge < -0.3 is 9.47 Å². The van der Waals surface area contributed by atoms with Crippen molar-refractivity contribution in [1.29, 1.82) is 0 Å². The summed E-state index contributed by atoms with van der Waals surface area (Å²) < 4.78 is 10.7. The van der Waals surface area contributed by atoms with Crippen LogP contribution in [0.15, 0.2) is 60.0 Å². The molecule has 128 valence electrons. The van der Waals surface area contributed by atoms with E-state index in [1.54, 1.807) is 0 Å². The summed E-state index contributed by atoms with van der Waals surface area (Å²) in [5.41, 5.74) is 2.96. The second-order valence-corrected chi connectivity index (χ2v) is 6.43. The molecule has 0 aliphatic heterocycles. The number of thiazole rings is 1. The topological polar surface area (TPSA) is 48.4 Å². The summed E-state index contributed by atoms with van der Waals surface area (Å²) in [7, 11) is 0. The van der Waals surface area contributed by atoms with Crippen LogP contribution in [0.4, 0.5) is 0 Å². The molecule has 0 spiro atoms. The normalized spacial score (nSPS) is 10.4. The lowest BCUT2D eigenvalue weighted by Gasteiger charge is -2.07. The van der Waals surface area contributed by atoms with Crippen LogP contribution in [0, 0.1) is 6.92 Å². The van der Waals surface area contributed by atoms with Gasteiger partial charge in [-0.3, -0.25) is 4.79 Å². The van der Waals surface area contributed by atoms with E-state index in [-0.39, 0.29) is 19.0 Å². The number of aryl methyl sites for hydroxylation is 1. The van der Waals surface area contributed by atoms with Crippen LogP contribution in [0.1, 0.15) is 11.3 Å². The van der Waals surface area contributed by atoms with Gasteiger partial charge in [-0.05, 0) is 19.1 Å². The van der Waals surface area contributed by atoms with Gasteiger partial charge >= 0.3 is 5.97 Å². The molecule has 0 fully saturated rings. The van der Waals surface area contributed by atoms with E-state index in [4.69, 9.17) is 9.47 Å². The van der Waals surface area contributed by atoms with Crippen molar-refractivity contribution >= 4 is 17.3 Å². The van der Waals surface area contributed by atoms with Crippen LogP contribution in [0.5, 0.6) is 5.75 Å². The van der Waals surface area contributed by atoms with Crippen LogP contribution >= 0.6 is 11.3 Å². The van der Waals surface area contributed by atoms with Crippen molar-refractivity contribution in [1.82, 2.24) is 4.98 Å². The monoisotopic (exact) mass is 353 g/mol. The third-order valence-corrected chi connectivity index (χ3v) is 4.47. The van der Waals surface area contributed by atoms with Crippen LogP contribution in [0.25, 0.3) is 10.6 Å². The molecule has 25 heavy (non-hydrogen) atoms. The SMILES string of the molecule is Cc1ccc(OCCOC(=O)Cc2csc(-c3ccccc3)n2)cc1. The predicted molar refractivity (Wildman–Crippen MR) is 98.9 cm³/mol. The summed E-state index contributed by atoms with van der Waals surface area (Å²) in [5, 5.41) is 2.80. The molecule has 0 bridgehead atoms. The minimum atomic E-state index is -0.294. The zero-order chi connectivity index (χ0) is 17.5. The predicted octanol–water partition coefficient (Wildman–Crippen LogP) is 4.28. The molecule has 0 radical (unpaired) electrons. The van der Waals surface area contributed by atoms with E-state index in [2.05, 4.69) is 4.98 Å². The smallest absolute Gasteiger partial charge is 0.312 e. The first kappa shape index (κ1) is 17.2. The lowest BCUT2D eigenvalue weighted by Crippen LogP contribution is -2.14. The Hall–Kier alpha value is -2.66. The largest absolute Gasteiger partial charge is 0.490 e. The van der Waals surface area contributed by atoms with Crippen molar-refractivity contribution in [2.45, 2.75) is 13.3 Å². The van der Waals surface area contributed by atoms with Gasteiger partial charge in [0.15, 0.2) is 0 Å². The molecule has 3 aromatic rings. The van der Waals surface area contributed by atoms with Crippen molar-refractivity contribution in [3.8, 4) is 16.3 Å². The van der Waals surface area contributed by atoms with E-state index in [1.165, 1.54) is 16.9 Å². The summed E-state index contributed by atoms with van der Waals surface area (Å²) >= 11 is 1.53. The molecule has 3 rings (SSSR count). The summed E-state index contributed by atoms with van der Waals surface area (Å²) in [6.07, 6.45) is 0.174. The van der Waals surface area contributed by atoms with Gasteiger partial charge in [-0.15, -0.1) is 11.3 Å². The Labute approximate surface area is 151 Å². The first-order chi connectivity index (χ1) is 12.2. The molecule has 0 aliphatic rings. The van der Waals surface area contributed by atoms with Gasteiger partial charge in [0.2, 0.25) is 0 Å². The molecule has 0 saturated carbocycles. The van der Waals surface area contributed by atoms with E-state index in [1.807, 2.05) is 66.9 Å². The quantitative estimate of drug-likeness (QED) is 0.470. The average Bonchev–Trinajstić information content (AvgIpc) is 3.09. The fourth-order valence-corrected chi connectivity index (χ4v) is 3.08. The van der Waals surface area contributed by atoms with Gasteiger partial charge in [0, 0.05) is 10.9 Å². The van der Waals surface area contributed by atoms with Crippen LogP contribution < -0.4 is 4.74 Å². The molecule has 1 heterocycles. The molecule has 0 unspecified atom stereocenters. The summed E-state index contributed by atoms with van der Waals surface area (Å²) in [6, 6.07) is 17.7. The Morgan fingerprint density at radius 3 is 2.56 bits per heavy atom. The number of hydrogen-bond acceptors (Lipinski definition) is 5. The third kappa shape index (κ3) is 5.16. The minimum absolute atomic E-state index is 0.174. The van der Waals surface area contributed by atoms with Crippen LogP contribution in [0.2, 0.25) is 0 Å². The van der Waals surface area contributed by atoms with Gasteiger partial charge in [-0.1, -0.05) is 48.0 Å². The highest BCUT2D eigenvalue weighted by atomic mass is 32.1. The molecule has 0 aliphatic carbocycles. The number of nitrogens with zero attached hydrogens (tertiary/aromatic N) is 1. The van der Waals surface area contributed by atoms with Gasteiger partial charge in [0.25, 0.3) is 0 Å². The molecule has 2 aromatic carbocycles. The van der Waals surface area contributed by atoms with Gasteiger partial charge in [-0.2, -0.15) is 0 Å². The Morgan fingerprint density at radius 1 is 1.04 bits per heavy atom. The van der Waals surface area contributed by atoms with E-state index < -0.39 is 0 Å². The number of carbonyl (C=O) groups is 1. The zero-order valence-electron chi connectivity index (χ0n) is 14.0. The zero-order valence-corrected chi connectivity index (χ0v) is 14.8. The second kappa shape index (κ2) is 8.44. The molecule has 0 atom stereocenters. The molecule has 0 saturated heterocycles. The highest BCUT2D eigenvalue weighted by Gasteiger charge is 2.10. The molecule has 0 amide bonds. The second-order valence-electron chi connectivity index (χ2n) is 5.57. The van der Waals surface area contributed by atoms with E-state index >= 15 is 0 Å². The number of esters is 1. The number of aromatic nitrogens is 1. The molecule has 5 heteroatoms. The van der Waals surface area contributed by atoms with Crippen molar-refractivity contribution in [3.05, 3.63) is 71.2 Å². The lowest BCUT2D eigenvalue weighted by atomic mass is 10.2. The minimum Gasteiger partial charge on any atom is -0.490 e. The summed E-state index contributed by atoms with van der Waals surface area (Å²) in [5.74, 6) is 0.478. The molecule has 1 aromatic heterocycles. The molecule has 4 nitrogen and oxygen atoms in total. The summed E-state index contributed by atoms with van der Waals surface area (Å²) in [6.45, 7) is 2.58. The fourth-order valence-electron chi connectivity index (χ4n) is 2.25. The third-order valence-electron chi connectivity index (χ3n) is 3.53. The van der Waals surface area contributed by atoms with Gasteiger partial charge in [-0.25, -0.2) is 4.98 Å². The Morgan fingerprint density at radius 2 is 1.80 bits per heavy atom. The number of hydrogen-bond donors (Lipinski definition) is 0. The Bertz CT molecular complexity index is 812. The highest BCUT2D eigenvalue weighted by molar-refractivity contribution is 7.13. The fraction of sp³-hybridized carbons (Fsp3) is 0.200. The maximum absolute atomic E-state index is 11.9. The first-order valence-electron chi connectivity index (χ1n) is 8.05. The first-order valence-corrected chi connectivity index (χ1v) is 8.93. The maximum Gasteiger partial charge on any atom is 0.312 e. The summed E-state index contributed by atoms with van der Waals surface area (Å²) in [4.78, 5) is 16.4. The van der Waals surface area contributed by atoms with Crippen molar-refractivity contribution in [2.24, 2.45) is 0 Å². The number of ether oxygens (including phenoxy) is 2.